The number of nitro benzene ring substituents is 1. The number of hydrogen-bond donors (Lipinski definition) is 2. The Bertz CT molecular complexity index is 1120. The average molecular weight is 395 g/mol. The maximum atomic E-state index is 12.5. The number of carbonyl (C=O) groups excluding carboxylic acids is 3. The van der Waals surface area contributed by atoms with Crippen molar-refractivity contribution in [1.82, 2.24) is 10.3 Å². The first-order valence-corrected chi connectivity index (χ1v) is 8.65. The van der Waals surface area contributed by atoms with Crippen LogP contribution in [-0.2, 0) is 9.53 Å². The van der Waals surface area contributed by atoms with Crippen molar-refractivity contribution in [3.63, 3.8) is 0 Å². The van der Waals surface area contributed by atoms with Crippen LogP contribution in [0.2, 0.25) is 0 Å². The maximum absolute atomic E-state index is 12.5. The number of aromatic nitrogens is 1. The molecule has 0 unspecified atom stereocenters. The fraction of sp³-hybridized carbons (Fsp3) is 0.150. The molecule has 0 saturated heterocycles. The number of nitrogens with one attached hydrogen (secondary N) is 2. The molecule has 9 heteroatoms. The first-order valence-electron chi connectivity index (χ1n) is 8.65. The van der Waals surface area contributed by atoms with E-state index in [0.29, 0.717) is 11.3 Å². The molecule has 29 heavy (non-hydrogen) atoms. The average Bonchev–Trinajstić information content (AvgIpc) is 3.06. The standard InChI is InChI=1S/C20H17N3O6/c1-12-19(15-7-2-3-8-16(15)22-12)17(24)11-29-18(25)10-21-20(26)13-5-4-6-14(9-13)23(27)28/h2-9,22H,10-11H2,1H3,(H,21,26). The van der Waals surface area contributed by atoms with Crippen molar-refractivity contribution in [2.24, 2.45) is 0 Å². The molecule has 2 N–H and O–H groups in total. The van der Waals surface area contributed by atoms with Gasteiger partial charge in [0.25, 0.3) is 11.6 Å². The molecule has 0 saturated carbocycles. The lowest BCUT2D eigenvalue weighted by molar-refractivity contribution is -0.384. The molecule has 0 spiro atoms. The number of nitrogens with zero attached hydrogens (tertiary/aromatic N) is 1. The third kappa shape index (κ3) is 4.46. The summed E-state index contributed by atoms with van der Waals surface area (Å²) in [5, 5.41) is 13.8. The second-order valence-corrected chi connectivity index (χ2v) is 6.24. The van der Waals surface area contributed by atoms with Gasteiger partial charge in [-0.1, -0.05) is 24.3 Å². The van der Waals surface area contributed by atoms with Crippen LogP contribution >= 0.6 is 0 Å². The molecule has 1 aromatic heterocycles. The topological polar surface area (TPSA) is 131 Å². The largest absolute Gasteiger partial charge is 0.456 e. The zero-order valence-electron chi connectivity index (χ0n) is 15.4. The minimum absolute atomic E-state index is 0.0393. The highest BCUT2D eigenvalue weighted by atomic mass is 16.6. The Kier molecular flexibility index (Phi) is 5.68. The van der Waals surface area contributed by atoms with Crippen LogP contribution in [0.1, 0.15) is 26.4 Å². The van der Waals surface area contributed by atoms with Crippen molar-refractivity contribution < 1.29 is 24.0 Å². The van der Waals surface area contributed by atoms with Gasteiger partial charge >= 0.3 is 5.97 Å². The van der Waals surface area contributed by atoms with Gasteiger partial charge in [0.1, 0.15) is 6.54 Å². The number of amides is 1. The molecule has 0 aliphatic carbocycles. The summed E-state index contributed by atoms with van der Waals surface area (Å²) in [6, 6.07) is 12.4. The third-order valence-electron chi connectivity index (χ3n) is 4.25. The summed E-state index contributed by atoms with van der Waals surface area (Å²) in [7, 11) is 0. The molecule has 1 amide bonds. The maximum Gasteiger partial charge on any atom is 0.325 e. The number of hydrogen-bond acceptors (Lipinski definition) is 6. The minimum atomic E-state index is -0.797. The van der Waals surface area contributed by atoms with Gasteiger partial charge in [-0.2, -0.15) is 0 Å². The number of para-hydroxylation sites is 1. The Morgan fingerprint density at radius 1 is 1.14 bits per heavy atom. The molecule has 0 aliphatic heterocycles. The molecule has 0 radical (unpaired) electrons. The molecule has 0 bridgehead atoms. The van der Waals surface area contributed by atoms with E-state index in [9.17, 15) is 24.5 Å². The molecule has 148 valence electrons. The summed E-state index contributed by atoms with van der Waals surface area (Å²) in [5.74, 6) is -1.82. The molecule has 3 rings (SSSR count). The molecular weight excluding hydrogens is 378 g/mol. The number of aromatic amines is 1. The number of carbonyl (C=O) groups is 3. The van der Waals surface area contributed by atoms with Crippen LogP contribution in [0.25, 0.3) is 10.9 Å². The van der Waals surface area contributed by atoms with Crippen molar-refractivity contribution in [3.05, 3.63) is 75.5 Å². The third-order valence-corrected chi connectivity index (χ3v) is 4.25. The van der Waals surface area contributed by atoms with Gasteiger partial charge < -0.3 is 15.0 Å². The molecule has 1 heterocycles. The molecule has 2 aromatic carbocycles. The van der Waals surface area contributed by atoms with E-state index < -0.39 is 30.0 Å². The SMILES string of the molecule is Cc1[nH]c2ccccc2c1C(=O)COC(=O)CNC(=O)c1cccc([N+](=O)[O-])c1. The number of Topliss-reactive ketones (excluding diaryl/α,β-unsaturated/α-hetero) is 1. The molecule has 0 fully saturated rings. The van der Waals surface area contributed by atoms with E-state index in [4.69, 9.17) is 4.74 Å². The van der Waals surface area contributed by atoms with Gasteiger partial charge in [-0.15, -0.1) is 0 Å². The molecule has 0 aliphatic rings. The van der Waals surface area contributed by atoms with Crippen LogP contribution in [0.5, 0.6) is 0 Å². The summed E-state index contributed by atoms with van der Waals surface area (Å²) >= 11 is 0. The second-order valence-electron chi connectivity index (χ2n) is 6.24. The predicted octanol–water partition coefficient (Wildman–Crippen LogP) is 2.54. The number of aryl methyl sites for hydroxylation is 1. The Labute approximate surface area is 164 Å². The highest BCUT2D eigenvalue weighted by Crippen LogP contribution is 2.22. The number of H-pyrrole nitrogens is 1. The lowest BCUT2D eigenvalue weighted by atomic mass is 10.1. The molecule has 3 aromatic rings. The number of benzene rings is 2. The molecule has 0 atom stereocenters. The quantitative estimate of drug-likeness (QED) is 0.273. The van der Waals surface area contributed by atoms with Gasteiger partial charge in [0.05, 0.1) is 4.92 Å². The van der Waals surface area contributed by atoms with E-state index in [2.05, 4.69) is 10.3 Å². The second kappa shape index (κ2) is 8.34. The van der Waals surface area contributed by atoms with Crippen LogP contribution in [0.15, 0.2) is 48.5 Å². The predicted molar refractivity (Wildman–Crippen MR) is 104 cm³/mol. The summed E-state index contributed by atoms with van der Waals surface area (Å²) in [5.41, 5.74) is 1.74. The van der Waals surface area contributed by atoms with E-state index in [1.165, 1.54) is 18.2 Å². The number of rotatable bonds is 7. The zero-order valence-corrected chi connectivity index (χ0v) is 15.4. The van der Waals surface area contributed by atoms with E-state index >= 15 is 0 Å². The minimum Gasteiger partial charge on any atom is -0.456 e. The Balaban J connectivity index is 1.55. The normalized spacial score (nSPS) is 10.5. The highest BCUT2D eigenvalue weighted by Gasteiger charge is 2.18. The summed E-state index contributed by atoms with van der Waals surface area (Å²) in [6.07, 6.45) is 0. The summed E-state index contributed by atoms with van der Waals surface area (Å²) in [4.78, 5) is 49.6. The van der Waals surface area contributed by atoms with Crippen molar-refractivity contribution in [3.8, 4) is 0 Å². The van der Waals surface area contributed by atoms with Crippen molar-refractivity contribution in [2.45, 2.75) is 6.92 Å². The Hall–Kier alpha value is -4.01. The van der Waals surface area contributed by atoms with Crippen molar-refractivity contribution >= 4 is 34.3 Å². The smallest absolute Gasteiger partial charge is 0.325 e. The van der Waals surface area contributed by atoms with E-state index in [0.717, 1.165) is 17.0 Å². The number of fused-ring (bicyclic) bond motifs is 1. The van der Waals surface area contributed by atoms with Gasteiger partial charge in [0.15, 0.2) is 6.61 Å². The Morgan fingerprint density at radius 2 is 1.90 bits per heavy atom. The van der Waals surface area contributed by atoms with Gasteiger partial charge in [-0.05, 0) is 19.1 Å². The lowest BCUT2D eigenvalue weighted by Gasteiger charge is -2.07. The number of ketones is 1. The summed E-state index contributed by atoms with van der Waals surface area (Å²) < 4.78 is 4.95. The van der Waals surface area contributed by atoms with Gasteiger partial charge in [-0.25, -0.2) is 0 Å². The van der Waals surface area contributed by atoms with E-state index in [1.807, 2.05) is 18.2 Å². The Morgan fingerprint density at radius 3 is 2.66 bits per heavy atom. The number of nitro groups is 1. The van der Waals surface area contributed by atoms with Crippen molar-refractivity contribution in [1.29, 1.82) is 0 Å². The monoisotopic (exact) mass is 395 g/mol. The van der Waals surface area contributed by atoms with Gasteiger partial charge in [0, 0.05) is 39.9 Å². The zero-order chi connectivity index (χ0) is 21.0. The van der Waals surface area contributed by atoms with Gasteiger partial charge in [0.2, 0.25) is 5.78 Å². The fourth-order valence-corrected chi connectivity index (χ4v) is 2.92. The van der Waals surface area contributed by atoms with Crippen LogP contribution in [0.3, 0.4) is 0 Å². The van der Waals surface area contributed by atoms with Crippen LogP contribution in [-0.4, -0.2) is 40.7 Å². The van der Waals surface area contributed by atoms with Crippen LogP contribution < -0.4 is 5.32 Å². The number of non-ortho nitro benzene ring substituents is 1. The van der Waals surface area contributed by atoms with Crippen LogP contribution in [0.4, 0.5) is 5.69 Å². The number of esters is 1. The lowest BCUT2D eigenvalue weighted by Crippen LogP contribution is -2.31. The summed E-state index contributed by atoms with van der Waals surface area (Å²) in [6.45, 7) is 0.824. The first kappa shape index (κ1) is 19.7. The van der Waals surface area contributed by atoms with Crippen molar-refractivity contribution in [2.75, 3.05) is 13.2 Å². The van der Waals surface area contributed by atoms with E-state index in [1.54, 1.807) is 13.0 Å². The number of ether oxygens (including phenoxy) is 1. The van der Waals surface area contributed by atoms with Crippen LogP contribution in [0, 0.1) is 17.0 Å². The fourth-order valence-electron chi connectivity index (χ4n) is 2.92. The molecular formula is C20H17N3O6. The molecule has 9 nitrogen and oxygen atoms in total. The van der Waals surface area contributed by atoms with Gasteiger partial charge in [-0.3, -0.25) is 24.5 Å². The highest BCUT2D eigenvalue weighted by molar-refractivity contribution is 6.10. The van der Waals surface area contributed by atoms with E-state index in [-0.39, 0.29) is 17.0 Å². The first-order chi connectivity index (χ1) is 13.9.